The van der Waals surface area contributed by atoms with Crippen LogP contribution >= 0.6 is 0 Å². The zero-order chi connectivity index (χ0) is 12.8. The molecular formula is C11H17N3O3. The van der Waals surface area contributed by atoms with Crippen LogP contribution in [-0.4, -0.2) is 29.7 Å². The van der Waals surface area contributed by atoms with E-state index in [2.05, 4.69) is 10.3 Å². The first-order valence-electron chi connectivity index (χ1n) is 5.45. The molecule has 0 aliphatic rings. The molecule has 17 heavy (non-hydrogen) atoms. The Balaban J connectivity index is 2.79. The van der Waals surface area contributed by atoms with Gasteiger partial charge in [-0.1, -0.05) is 6.92 Å². The summed E-state index contributed by atoms with van der Waals surface area (Å²) in [5, 5.41) is 13.8. The fraction of sp³-hybridized carbons (Fsp3) is 0.545. The smallest absolute Gasteiger partial charge is 0.290 e. The van der Waals surface area contributed by atoms with Gasteiger partial charge in [0.1, 0.15) is 12.0 Å². The monoisotopic (exact) mass is 239 g/mol. The number of ether oxygens (including phenoxy) is 1. The maximum atomic E-state index is 10.6. The lowest BCUT2D eigenvalue weighted by molar-refractivity contribution is -0.385. The summed E-state index contributed by atoms with van der Waals surface area (Å²) in [5.74, 6) is 0.636. The summed E-state index contributed by atoms with van der Waals surface area (Å²) in [6.45, 7) is 4.31. The molecule has 0 spiro atoms. The molecule has 1 N–H and O–H groups in total. The van der Waals surface area contributed by atoms with Crippen molar-refractivity contribution in [2.24, 2.45) is 0 Å². The first-order valence-corrected chi connectivity index (χ1v) is 5.45. The molecule has 1 aromatic rings. The van der Waals surface area contributed by atoms with Crippen molar-refractivity contribution in [1.29, 1.82) is 0 Å². The molecule has 6 heteroatoms. The average molecular weight is 239 g/mol. The largest absolute Gasteiger partial charge is 0.383 e. The van der Waals surface area contributed by atoms with Gasteiger partial charge in [0, 0.05) is 12.7 Å². The van der Waals surface area contributed by atoms with E-state index < -0.39 is 4.92 Å². The predicted octanol–water partition coefficient (Wildman–Crippen LogP) is 2.14. The van der Waals surface area contributed by atoms with Crippen molar-refractivity contribution < 1.29 is 9.66 Å². The van der Waals surface area contributed by atoms with Crippen LogP contribution in [0.3, 0.4) is 0 Å². The lowest BCUT2D eigenvalue weighted by Crippen LogP contribution is -2.24. The second kappa shape index (κ2) is 6.15. The summed E-state index contributed by atoms with van der Waals surface area (Å²) in [5.41, 5.74) is 0.634. The van der Waals surface area contributed by atoms with Gasteiger partial charge in [-0.25, -0.2) is 4.98 Å². The molecule has 1 rings (SSSR count). The van der Waals surface area contributed by atoms with Crippen LogP contribution < -0.4 is 5.32 Å². The quantitative estimate of drug-likeness (QED) is 0.607. The number of hydrogen-bond donors (Lipinski definition) is 1. The predicted molar refractivity (Wildman–Crippen MR) is 65.2 cm³/mol. The Morgan fingerprint density at radius 1 is 1.65 bits per heavy atom. The Labute approximate surface area is 100 Å². The van der Waals surface area contributed by atoms with Crippen LogP contribution in [0.1, 0.15) is 18.9 Å². The van der Waals surface area contributed by atoms with Crippen LogP contribution in [0.5, 0.6) is 0 Å². The third-order valence-corrected chi connectivity index (χ3v) is 2.49. The molecule has 1 unspecified atom stereocenters. The lowest BCUT2D eigenvalue weighted by Gasteiger charge is -2.16. The minimum atomic E-state index is -0.432. The first kappa shape index (κ1) is 13.4. The van der Waals surface area contributed by atoms with Crippen molar-refractivity contribution in [2.75, 3.05) is 19.0 Å². The normalized spacial score (nSPS) is 12.2. The molecule has 0 saturated carbocycles. The summed E-state index contributed by atoms with van der Waals surface area (Å²) in [6, 6.07) is 1.84. The number of rotatable bonds is 6. The summed E-state index contributed by atoms with van der Waals surface area (Å²) in [6.07, 6.45) is 2.17. The zero-order valence-corrected chi connectivity index (χ0v) is 10.3. The summed E-state index contributed by atoms with van der Waals surface area (Å²) >= 11 is 0. The minimum absolute atomic E-state index is 0.0374. The van der Waals surface area contributed by atoms with Crippen molar-refractivity contribution >= 4 is 11.5 Å². The lowest BCUT2D eigenvalue weighted by atomic mass is 10.2. The summed E-state index contributed by atoms with van der Waals surface area (Å²) < 4.78 is 5.06. The topological polar surface area (TPSA) is 77.3 Å². The van der Waals surface area contributed by atoms with E-state index in [4.69, 9.17) is 4.74 Å². The Morgan fingerprint density at radius 2 is 2.35 bits per heavy atom. The van der Waals surface area contributed by atoms with E-state index in [0.29, 0.717) is 18.0 Å². The van der Waals surface area contributed by atoms with Crippen LogP contribution in [0.25, 0.3) is 0 Å². The van der Waals surface area contributed by atoms with Crippen molar-refractivity contribution in [1.82, 2.24) is 4.98 Å². The molecule has 94 valence electrons. The van der Waals surface area contributed by atoms with Gasteiger partial charge < -0.3 is 10.1 Å². The van der Waals surface area contributed by atoms with E-state index in [-0.39, 0.29) is 11.7 Å². The van der Waals surface area contributed by atoms with Gasteiger partial charge in [-0.3, -0.25) is 10.1 Å². The van der Waals surface area contributed by atoms with Gasteiger partial charge in [0.05, 0.1) is 17.6 Å². The van der Waals surface area contributed by atoms with Gasteiger partial charge in [0.15, 0.2) is 0 Å². The summed E-state index contributed by atoms with van der Waals surface area (Å²) in [4.78, 5) is 14.2. The van der Waals surface area contributed by atoms with Gasteiger partial charge >= 0.3 is 0 Å². The Bertz CT molecular complexity index is 396. The van der Waals surface area contributed by atoms with Crippen LogP contribution in [0.15, 0.2) is 12.3 Å². The van der Waals surface area contributed by atoms with E-state index in [1.54, 1.807) is 20.1 Å². The van der Waals surface area contributed by atoms with Gasteiger partial charge in [-0.2, -0.15) is 0 Å². The molecule has 1 atom stereocenters. The molecule has 1 heterocycles. The number of aromatic nitrogens is 1. The van der Waals surface area contributed by atoms with Crippen molar-refractivity contribution in [2.45, 2.75) is 26.3 Å². The van der Waals surface area contributed by atoms with E-state index >= 15 is 0 Å². The number of pyridine rings is 1. The van der Waals surface area contributed by atoms with Crippen molar-refractivity contribution in [3.05, 3.63) is 27.9 Å². The molecule has 0 saturated heterocycles. The fourth-order valence-electron chi connectivity index (χ4n) is 1.49. The number of nitrogens with zero attached hydrogens (tertiary/aromatic N) is 2. The molecule has 1 aromatic heterocycles. The molecule has 0 aromatic carbocycles. The second-order valence-corrected chi connectivity index (χ2v) is 3.82. The third-order valence-electron chi connectivity index (χ3n) is 2.49. The highest BCUT2D eigenvalue weighted by Crippen LogP contribution is 2.19. The molecular weight excluding hydrogens is 222 g/mol. The Hall–Kier alpha value is -1.69. The number of nitro groups is 1. The zero-order valence-electron chi connectivity index (χ0n) is 10.3. The van der Waals surface area contributed by atoms with E-state index in [1.165, 1.54) is 6.20 Å². The molecule has 0 fully saturated rings. The van der Waals surface area contributed by atoms with Gasteiger partial charge in [0.2, 0.25) is 0 Å². The van der Waals surface area contributed by atoms with E-state index in [1.807, 2.05) is 6.92 Å². The Kier molecular flexibility index (Phi) is 4.84. The van der Waals surface area contributed by atoms with Crippen LogP contribution in [0, 0.1) is 17.0 Å². The molecule has 0 bridgehead atoms. The summed E-state index contributed by atoms with van der Waals surface area (Å²) in [7, 11) is 1.64. The standard InChI is InChI=1S/C11H17N3O3/c1-4-9(7-17-3)13-11-5-8(2)10(6-12-11)14(15)16/h5-6,9H,4,7H2,1-3H3,(H,12,13). The average Bonchev–Trinajstić information content (AvgIpc) is 2.28. The SMILES string of the molecule is CCC(COC)Nc1cc(C)c([N+](=O)[O-])cn1. The third kappa shape index (κ3) is 3.67. The van der Waals surface area contributed by atoms with Crippen molar-refractivity contribution in [3.8, 4) is 0 Å². The number of methoxy groups -OCH3 is 1. The second-order valence-electron chi connectivity index (χ2n) is 3.82. The van der Waals surface area contributed by atoms with Gasteiger partial charge in [0.25, 0.3) is 5.69 Å². The molecule has 0 aliphatic heterocycles. The minimum Gasteiger partial charge on any atom is -0.383 e. The van der Waals surface area contributed by atoms with Crippen LogP contribution in [0.2, 0.25) is 0 Å². The van der Waals surface area contributed by atoms with E-state index in [9.17, 15) is 10.1 Å². The first-order chi connectivity index (χ1) is 8.08. The highest BCUT2D eigenvalue weighted by Gasteiger charge is 2.13. The number of nitrogens with one attached hydrogen (secondary N) is 1. The van der Waals surface area contributed by atoms with Gasteiger partial charge in [-0.05, 0) is 19.4 Å². The van der Waals surface area contributed by atoms with Crippen LogP contribution in [-0.2, 0) is 4.74 Å². The van der Waals surface area contributed by atoms with Crippen molar-refractivity contribution in [3.63, 3.8) is 0 Å². The van der Waals surface area contributed by atoms with E-state index in [0.717, 1.165) is 6.42 Å². The van der Waals surface area contributed by atoms with Gasteiger partial charge in [-0.15, -0.1) is 0 Å². The highest BCUT2D eigenvalue weighted by molar-refractivity contribution is 5.47. The fourth-order valence-corrected chi connectivity index (χ4v) is 1.49. The maximum Gasteiger partial charge on any atom is 0.290 e. The highest BCUT2D eigenvalue weighted by atomic mass is 16.6. The molecule has 0 radical (unpaired) electrons. The molecule has 6 nitrogen and oxygen atoms in total. The molecule has 0 aliphatic carbocycles. The number of hydrogen-bond acceptors (Lipinski definition) is 5. The Morgan fingerprint density at radius 3 is 2.82 bits per heavy atom. The number of anilines is 1. The molecule has 0 amide bonds. The maximum absolute atomic E-state index is 10.6. The number of aryl methyl sites for hydroxylation is 1. The van der Waals surface area contributed by atoms with Crippen LogP contribution in [0.4, 0.5) is 11.5 Å².